The Bertz CT molecular complexity index is 340. The summed E-state index contributed by atoms with van der Waals surface area (Å²) in [7, 11) is 0. The summed E-state index contributed by atoms with van der Waals surface area (Å²) in [4.78, 5) is 1.48. The van der Waals surface area contributed by atoms with Gasteiger partial charge in [-0.1, -0.05) is 19.9 Å². The van der Waals surface area contributed by atoms with E-state index >= 15 is 0 Å². The second kappa shape index (κ2) is 7.41. The standard InChI is InChI=1S/C16H28N2S/c1-12(2)13-5-7-14(8-6-13)16(18-17)10-9-15-4-3-11-19-15/h3-4,11-14,16,18H,5-10,17H2,1-2H3. The molecule has 2 nitrogen and oxygen atoms in total. The predicted octanol–water partition coefficient (Wildman–Crippen LogP) is 3.98. The van der Waals surface area contributed by atoms with Gasteiger partial charge in [-0.15, -0.1) is 11.3 Å². The van der Waals surface area contributed by atoms with Crippen LogP contribution in [0.5, 0.6) is 0 Å². The van der Waals surface area contributed by atoms with Crippen LogP contribution in [-0.4, -0.2) is 6.04 Å². The molecular weight excluding hydrogens is 252 g/mol. The molecule has 2 rings (SSSR count). The van der Waals surface area contributed by atoms with Gasteiger partial charge in [0.25, 0.3) is 0 Å². The lowest BCUT2D eigenvalue weighted by atomic mass is 9.74. The van der Waals surface area contributed by atoms with E-state index in [1.54, 1.807) is 0 Å². The Kier molecular flexibility index (Phi) is 5.86. The summed E-state index contributed by atoms with van der Waals surface area (Å²) in [6.45, 7) is 4.72. The smallest absolute Gasteiger partial charge is 0.0242 e. The van der Waals surface area contributed by atoms with Crippen molar-refractivity contribution in [3.63, 3.8) is 0 Å². The Balaban J connectivity index is 1.78. The zero-order valence-electron chi connectivity index (χ0n) is 12.3. The van der Waals surface area contributed by atoms with Crippen molar-refractivity contribution in [1.29, 1.82) is 0 Å². The van der Waals surface area contributed by atoms with Crippen LogP contribution in [0.4, 0.5) is 0 Å². The van der Waals surface area contributed by atoms with E-state index < -0.39 is 0 Å². The molecule has 0 spiro atoms. The summed E-state index contributed by atoms with van der Waals surface area (Å²) in [5, 5.41) is 2.16. The lowest BCUT2D eigenvalue weighted by Gasteiger charge is -2.35. The molecule has 0 radical (unpaired) electrons. The van der Waals surface area contributed by atoms with Crippen LogP contribution in [0.1, 0.15) is 50.8 Å². The van der Waals surface area contributed by atoms with E-state index in [1.807, 2.05) is 11.3 Å². The molecule has 0 aromatic carbocycles. The zero-order valence-corrected chi connectivity index (χ0v) is 13.1. The van der Waals surface area contributed by atoms with Crippen LogP contribution in [0.2, 0.25) is 0 Å². The molecule has 1 heterocycles. The number of rotatable bonds is 6. The van der Waals surface area contributed by atoms with Crippen LogP contribution >= 0.6 is 11.3 Å². The number of hydrazine groups is 1. The van der Waals surface area contributed by atoms with Crippen molar-refractivity contribution < 1.29 is 0 Å². The summed E-state index contributed by atoms with van der Waals surface area (Å²) >= 11 is 1.86. The minimum absolute atomic E-state index is 0.496. The van der Waals surface area contributed by atoms with Gasteiger partial charge in [-0.05, 0) is 67.7 Å². The molecule has 0 saturated heterocycles. The first-order valence-corrected chi connectivity index (χ1v) is 8.57. The molecule has 1 aromatic heterocycles. The second-order valence-electron chi connectivity index (χ2n) is 6.31. The van der Waals surface area contributed by atoms with Crippen LogP contribution < -0.4 is 11.3 Å². The molecule has 1 atom stereocenters. The largest absolute Gasteiger partial charge is 0.271 e. The Labute approximate surface area is 121 Å². The van der Waals surface area contributed by atoms with Gasteiger partial charge in [0, 0.05) is 10.9 Å². The van der Waals surface area contributed by atoms with Crippen LogP contribution in [0.15, 0.2) is 17.5 Å². The number of thiophene rings is 1. The van der Waals surface area contributed by atoms with Crippen LogP contribution in [-0.2, 0) is 6.42 Å². The van der Waals surface area contributed by atoms with E-state index in [2.05, 4.69) is 36.8 Å². The SMILES string of the molecule is CC(C)C1CCC(C(CCc2cccs2)NN)CC1. The lowest BCUT2D eigenvalue weighted by molar-refractivity contribution is 0.184. The highest BCUT2D eigenvalue weighted by molar-refractivity contribution is 7.09. The molecule has 3 N–H and O–H groups in total. The first kappa shape index (κ1) is 15.0. The average molecular weight is 280 g/mol. The van der Waals surface area contributed by atoms with Crippen molar-refractivity contribution in [3.8, 4) is 0 Å². The molecule has 108 valence electrons. The van der Waals surface area contributed by atoms with E-state index in [4.69, 9.17) is 5.84 Å². The summed E-state index contributed by atoms with van der Waals surface area (Å²) in [6, 6.07) is 4.86. The fourth-order valence-electron chi connectivity index (χ4n) is 3.42. The van der Waals surface area contributed by atoms with E-state index in [1.165, 1.54) is 37.0 Å². The number of hydrogen-bond donors (Lipinski definition) is 2. The van der Waals surface area contributed by atoms with Gasteiger partial charge in [0.2, 0.25) is 0 Å². The van der Waals surface area contributed by atoms with Gasteiger partial charge >= 0.3 is 0 Å². The molecule has 1 aliphatic rings. The van der Waals surface area contributed by atoms with Crippen molar-refractivity contribution in [2.75, 3.05) is 0 Å². The van der Waals surface area contributed by atoms with Gasteiger partial charge in [-0.3, -0.25) is 11.3 Å². The van der Waals surface area contributed by atoms with Crippen molar-refractivity contribution in [2.24, 2.45) is 23.6 Å². The Morgan fingerprint density at radius 1 is 1.26 bits per heavy atom. The number of nitrogens with one attached hydrogen (secondary N) is 1. The summed E-state index contributed by atoms with van der Waals surface area (Å²) in [5.74, 6) is 8.35. The van der Waals surface area contributed by atoms with E-state index in [0.29, 0.717) is 6.04 Å². The second-order valence-corrected chi connectivity index (χ2v) is 7.34. The Morgan fingerprint density at radius 2 is 1.95 bits per heavy atom. The molecular formula is C16H28N2S. The average Bonchev–Trinajstić information content (AvgIpc) is 2.93. The van der Waals surface area contributed by atoms with E-state index in [9.17, 15) is 0 Å². The monoisotopic (exact) mass is 280 g/mol. The normalized spacial score (nSPS) is 25.7. The molecule has 0 bridgehead atoms. The summed E-state index contributed by atoms with van der Waals surface area (Å²) < 4.78 is 0. The summed E-state index contributed by atoms with van der Waals surface area (Å²) in [6.07, 6.45) is 7.81. The lowest BCUT2D eigenvalue weighted by Crippen LogP contribution is -2.42. The fraction of sp³-hybridized carbons (Fsp3) is 0.750. The molecule has 1 unspecified atom stereocenters. The third-order valence-corrected chi connectivity index (χ3v) is 5.76. The molecule has 1 saturated carbocycles. The number of nitrogens with two attached hydrogens (primary N) is 1. The summed E-state index contributed by atoms with van der Waals surface area (Å²) in [5.41, 5.74) is 3.08. The predicted molar refractivity (Wildman–Crippen MR) is 84.0 cm³/mol. The van der Waals surface area contributed by atoms with Gasteiger partial charge in [-0.25, -0.2) is 0 Å². The maximum Gasteiger partial charge on any atom is 0.0242 e. The van der Waals surface area contributed by atoms with Crippen molar-refractivity contribution in [2.45, 2.75) is 58.4 Å². The molecule has 0 amide bonds. The highest BCUT2D eigenvalue weighted by Crippen LogP contribution is 2.35. The first-order valence-electron chi connectivity index (χ1n) is 7.69. The molecule has 19 heavy (non-hydrogen) atoms. The van der Waals surface area contributed by atoms with Gasteiger partial charge in [0.15, 0.2) is 0 Å². The Hall–Kier alpha value is -0.380. The Morgan fingerprint density at radius 3 is 2.47 bits per heavy atom. The highest BCUT2D eigenvalue weighted by atomic mass is 32.1. The minimum atomic E-state index is 0.496. The maximum atomic E-state index is 5.79. The quantitative estimate of drug-likeness (QED) is 0.611. The van der Waals surface area contributed by atoms with E-state index in [0.717, 1.165) is 24.2 Å². The number of aryl methyl sites for hydroxylation is 1. The minimum Gasteiger partial charge on any atom is -0.271 e. The zero-order chi connectivity index (χ0) is 13.7. The molecule has 3 heteroatoms. The highest BCUT2D eigenvalue weighted by Gasteiger charge is 2.28. The fourth-order valence-corrected chi connectivity index (χ4v) is 4.15. The number of hydrogen-bond acceptors (Lipinski definition) is 3. The van der Waals surface area contributed by atoms with Crippen molar-refractivity contribution >= 4 is 11.3 Å². The third-order valence-electron chi connectivity index (χ3n) is 4.82. The van der Waals surface area contributed by atoms with Gasteiger partial charge in [0.05, 0.1) is 0 Å². The molecule has 1 aliphatic carbocycles. The molecule has 1 fully saturated rings. The van der Waals surface area contributed by atoms with Crippen LogP contribution in [0.25, 0.3) is 0 Å². The van der Waals surface area contributed by atoms with Gasteiger partial charge in [0.1, 0.15) is 0 Å². The molecule has 1 aromatic rings. The molecule has 0 aliphatic heterocycles. The topological polar surface area (TPSA) is 38.0 Å². The van der Waals surface area contributed by atoms with E-state index in [-0.39, 0.29) is 0 Å². The first-order chi connectivity index (χ1) is 9.20. The maximum absolute atomic E-state index is 5.79. The van der Waals surface area contributed by atoms with Gasteiger partial charge < -0.3 is 0 Å². The third kappa shape index (κ3) is 4.30. The van der Waals surface area contributed by atoms with Gasteiger partial charge in [-0.2, -0.15) is 0 Å². The van der Waals surface area contributed by atoms with Crippen LogP contribution in [0.3, 0.4) is 0 Å². The van der Waals surface area contributed by atoms with Crippen molar-refractivity contribution in [3.05, 3.63) is 22.4 Å². The van der Waals surface area contributed by atoms with Crippen LogP contribution in [0, 0.1) is 17.8 Å². The van der Waals surface area contributed by atoms with Crippen molar-refractivity contribution in [1.82, 2.24) is 5.43 Å².